The molecule has 384 valence electrons. The van der Waals surface area contributed by atoms with Crippen LogP contribution in [0.15, 0.2) is 315 Å². The molecule has 82 heavy (non-hydrogen) atoms. The Kier molecular flexibility index (Phi) is 11.2. The first kappa shape index (κ1) is 47.1. The van der Waals surface area contributed by atoms with Gasteiger partial charge >= 0.3 is 0 Å². The average Bonchev–Trinajstić information content (AvgIpc) is 4.41. The van der Waals surface area contributed by atoms with E-state index in [4.69, 9.17) is 0 Å². The molecular weight excluding hydrogens is 993 g/mol. The van der Waals surface area contributed by atoms with E-state index in [1.54, 1.807) is 0 Å². The molecule has 0 aliphatic carbocycles. The van der Waals surface area contributed by atoms with Gasteiger partial charge in [-0.2, -0.15) is 0 Å². The van der Waals surface area contributed by atoms with Crippen LogP contribution in [0.5, 0.6) is 0 Å². The van der Waals surface area contributed by atoms with Gasteiger partial charge in [0.1, 0.15) is 0 Å². The van der Waals surface area contributed by atoms with Crippen molar-refractivity contribution in [2.24, 2.45) is 0 Å². The molecule has 0 spiro atoms. The highest BCUT2D eigenvalue weighted by atomic mass is 15.1. The van der Waals surface area contributed by atoms with Crippen molar-refractivity contribution in [1.82, 2.24) is 13.7 Å². The van der Waals surface area contributed by atoms with Crippen molar-refractivity contribution in [2.75, 3.05) is 4.90 Å². The van der Waals surface area contributed by atoms with Gasteiger partial charge in [-0.1, -0.05) is 200 Å². The zero-order valence-electron chi connectivity index (χ0n) is 44.8. The zero-order chi connectivity index (χ0) is 54.1. The number of para-hydroxylation sites is 6. The van der Waals surface area contributed by atoms with Gasteiger partial charge in [0, 0.05) is 66.4 Å². The van der Waals surface area contributed by atoms with Gasteiger partial charge < -0.3 is 18.6 Å². The summed E-state index contributed by atoms with van der Waals surface area (Å²) >= 11 is 0. The smallest absolute Gasteiger partial charge is 0.0547 e. The number of anilines is 3. The largest absolute Gasteiger partial charge is 0.311 e. The molecule has 13 aromatic carbocycles. The number of rotatable bonds is 10. The predicted octanol–water partition coefficient (Wildman–Crippen LogP) is 21.1. The van der Waals surface area contributed by atoms with E-state index in [0.717, 1.165) is 45.1 Å². The van der Waals surface area contributed by atoms with Crippen molar-refractivity contribution >= 4 is 82.5 Å². The second kappa shape index (κ2) is 19.5. The van der Waals surface area contributed by atoms with Crippen molar-refractivity contribution in [2.45, 2.75) is 0 Å². The number of nitrogens with zero attached hydrogens (tertiary/aromatic N) is 4. The van der Waals surface area contributed by atoms with Crippen molar-refractivity contribution in [3.63, 3.8) is 0 Å². The monoisotopic (exact) mass is 1040 g/mol. The highest BCUT2D eigenvalue weighted by Gasteiger charge is 2.19. The maximum Gasteiger partial charge on any atom is 0.0547 e. The zero-order valence-corrected chi connectivity index (χ0v) is 44.8. The van der Waals surface area contributed by atoms with Gasteiger partial charge in [0.15, 0.2) is 0 Å². The summed E-state index contributed by atoms with van der Waals surface area (Å²) < 4.78 is 7.13. The molecule has 16 rings (SSSR count). The number of aromatic nitrogens is 3. The Morgan fingerprint density at radius 2 is 0.439 bits per heavy atom. The molecule has 0 saturated carbocycles. The normalized spacial score (nSPS) is 11.7. The molecule has 0 fully saturated rings. The van der Waals surface area contributed by atoms with Crippen LogP contribution in [0.3, 0.4) is 0 Å². The Bertz CT molecular complexity index is 4980. The molecule has 16 aromatic rings. The number of hydrogen-bond acceptors (Lipinski definition) is 1. The molecule has 0 radical (unpaired) electrons. The average molecular weight is 1050 g/mol. The van der Waals surface area contributed by atoms with E-state index in [-0.39, 0.29) is 0 Å². The second-order valence-corrected chi connectivity index (χ2v) is 21.3. The standard InChI is InChI=1S/C78H52N4/c1-3-15-61(16-4-1)80-76-26-14-10-22-70(76)72-51-59(40-50-77(72)80)57-29-27-53(28-30-57)54-31-41-63(42-32-54)79(64-43-33-55(34-44-64)56-35-47-66(48-36-56)81-73-23-11-7-19-67(73)68-20-8-12-24-74(68)81)65-45-37-58(38-46-65)60-39-49-71-69-21-9-13-25-75(69)82(78(71)52-60)62-17-5-2-6-18-62/h1-52H. The van der Waals surface area contributed by atoms with Crippen LogP contribution >= 0.6 is 0 Å². The fourth-order valence-electron chi connectivity index (χ4n) is 12.7. The summed E-state index contributed by atoms with van der Waals surface area (Å²) in [7, 11) is 0. The lowest BCUT2D eigenvalue weighted by molar-refractivity contribution is 1.18. The van der Waals surface area contributed by atoms with Crippen LogP contribution in [0.2, 0.25) is 0 Å². The molecule has 0 atom stereocenters. The lowest BCUT2D eigenvalue weighted by atomic mass is 9.98. The van der Waals surface area contributed by atoms with E-state index in [1.807, 2.05) is 0 Å². The fourth-order valence-corrected chi connectivity index (χ4v) is 12.7. The maximum absolute atomic E-state index is 2.39. The third-order valence-corrected chi connectivity index (χ3v) is 16.7. The van der Waals surface area contributed by atoms with Crippen molar-refractivity contribution in [3.8, 4) is 61.6 Å². The van der Waals surface area contributed by atoms with Crippen LogP contribution < -0.4 is 4.90 Å². The number of benzene rings is 13. The van der Waals surface area contributed by atoms with E-state index in [1.165, 1.54) is 98.9 Å². The van der Waals surface area contributed by atoms with Crippen LogP contribution in [-0.4, -0.2) is 13.7 Å². The molecule has 0 N–H and O–H groups in total. The van der Waals surface area contributed by atoms with E-state index in [9.17, 15) is 0 Å². The summed E-state index contributed by atoms with van der Waals surface area (Å²) in [6.45, 7) is 0. The van der Waals surface area contributed by atoms with Gasteiger partial charge in [-0.15, -0.1) is 0 Å². The summed E-state index contributed by atoms with van der Waals surface area (Å²) in [6.07, 6.45) is 0. The molecule has 0 amide bonds. The van der Waals surface area contributed by atoms with Crippen LogP contribution in [0.1, 0.15) is 0 Å². The van der Waals surface area contributed by atoms with Gasteiger partial charge in [-0.05, 0) is 160 Å². The Labute approximate surface area is 475 Å². The van der Waals surface area contributed by atoms with Crippen LogP contribution in [-0.2, 0) is 0 Å². The maximum atomic E-state index is 2.39. The highest BCUT2D eigenvalue weighted by molar-refractivity contribution is 6.12. The quantitative estimate of drug-likeness (QED) is 0.133. The van der Waals surface area contributed by atoms with Gasteiger partial charge in [0.2, 0.25) is 0 Å². The van der Waals surface area contributed by atoms with Gasteiger partial charge in [-0.3, -0.25) is 0 Å². The Morgan fingerprint density at radius 3 is 0.866 bits per heavy atom. The van der Waals surface area contributed by atoms with E-state index < -0.39 is 0 Å². The number of fused-ring (bicyclic) bond motifs is 9. The molecule has 3 heterocycles. The summed E-state index contributed by atoms with van der Waals surface area (Å²) in [4.78, 5) is 2.37. The molecule has 0 unspecified atom stereocenters. The van der Waals surface area contributed by atoms with E-state index in [0.29, 0.717) is 0 Å². The Morgan fingerprint density at radius 1 is 0.171 bits per heavy atom. The third kappa shape index (κ3) is 7.91. The van der Waals surface area contributed by atoms with Crippen molar-refractivity contribution in [1.29, 1.82) is 0 Å². The first-order chi connectivity index (χ1) is 40.7. The number of hydrogen-bond donors (Lipinski definition) is 0. The first-order valence-corrected chi connectivity index (χ1v) is 28.1. The topological polar surface area (TPSA) is 18.0 Å². The van der Waals surface area contributed by atoms with E-state index in [2.05, 4.69) is 334 Å². The molecule has 0 saturated heterocycles. The summed E-state index contributed by atoms with van der Waals surface area (Å²) in [5.74, 6) is 0. The minimum Gasteiger partial charge on any atom is -0.311 e. The molecule has 4 heteroatoms. The molecule has 3 aromatic heterocycles. The van der Waals surface area contributed by atoms with Crippen LogP contribution in [0, 0.1) is 0 Å². The molecule has 0 aliphatic heterocycles. The predicted molar refractivity (Wildman–Crippen MR) is 346 cm³/mol. The lowest BCUT2D eigenvalue weighted by Gasteiger charge is -2.26. The summed E-state index contributed by atoms with van der Waals surface area (Å²) in [5, 5.41) is 7.53. The lowest BCUT2D eigenvalue weighted by Crippen LogP contribution is -2.09. The van der Waals surface area contributed by atoms with Gasteiger partial charge in [-0.25, -0.2) is 0 Å². The van der Waals surface area contributed by atoms with Crippen molar-refractivity contribution < 1.29 is 0 Å². The minimum atomic E-state index is 1.08. The molecule has 0 bridgehead atoms. The van der Waals surface area contributed by atoms with Gasteiger partial charge in [0.25, 0.3) is 0 Å². The SMILES string of the molecule is c1ccc(-n2c3ccccc3c3cc(-c4ccc(-c5ccc(N(c6ccc(-c7ccc(-n8c9ccccc9c9ccccc98)cc7)cc6)c6ccc(-c7ccc8c9ccccc9n(-c9ccccc9)c8c7)cc6)cc5)cc4)ccc32)cc1. The van der Waals surface area contributed by atoms with Crippen LogP contribution in [0.4, 0.5) is 17.1 Å². The Hall–Kier alpha value is -10.9. The summed E-state index contributed by atoms with van der Waals surface area (Å²) in [5.41, 5.74) is 23.3. The first-order valence-electron chi connectivity index (χ1n) is 28.1. The van der Waals surface area contributed by atoms with Gasteiger partial charge in [0.05, 0.1) is 33.1 Å². The van der Waals surface area contributed by atoms with Crippen LogP contribution in [0.25, 0.3) is 127 Å². The van der Waals surface area contributed by atoms with Crippen molar-refractivity contribution in [3.05, 3.63) is 315 Å². The minimum absolute atomic E-state index is 1.08. The summed E-state index contributed by atoms with van der Waals surface area (Å²) in [6, 6.07) is 115. The second-order valence-electron chi connectivity index (χ2n) is 21.3. The molecule has 4 nitrogen and oxygen atoms in total. The fraction of sp³-hybridized carbons (Fsp3) is 0. The van der Waals surface area contributed by atoms with E-state index >= 15 is 0 Å². The molecule has 0 aliphatic rings. The third-order valence-electron chi connectivity index (χ3n) is 16.7. The molecular formula is C78H52N4. The highest BCUT2D eigenvalue weighted by Crippen LogP contribution is 2.41. The Balaban J connectivity index is 0.731.